The van der Waals surface area contributed by atoms with Gasteiger partial charge in [0.05, 0.1) is 0 Å². The Morgan fingerprint density at radius 1 is 0.720 bits per heavy atom. The third kappa shape index (κ3) is 9.36. The van der Waals surface area contributed by atoms with Crippen molar-refractivity contribution in [1.29, 1.82) is 0 Å². The molecule has 150 valence electrons. The number of unbranched alkanes of at least 4 members (excludes halogenated alkanes) is 3. The van der Waals surface area contributed by atoms with E-state index in [1.54, 1.807) is 0 Å². The van der Waals surface area contributed by atoms with Crippen LogP contribution in [0, 0.1) is 11.8 Å². The summed E-state index contributed by atoms with van der Waals surface area (Å²) in [6.07, 6.45) is 15.5. The van der Waals surface area contributed by atoms with Crippen LogP contribution in [-0.4, -0.2) is 51.8 Å². The number of hydrogen-bond acceptors (Lipinski definition) is 4. The molecule has 0 aromatic rings. The van der Waals surface area contributed by atoms with Gasteiger partial charge in [-0.3, -0.25) is 0 Å². The summed E-state index contributed by atoms with van der Waals surface area (Å²) in [4.78, 5) is 2.40. The molecule has 2 aliphatic rings. The number of rotatable bonds is 12. The van der Waals surface area contributed by atoms with Crippen molar-refractivity contribution in [3.8, 4) is 0 Å². The van der Waals surface area contributed by atoms with Crippen LogP contribution in [0.5, 0.6) is 0 Å². The number of nitrogens with two attached hydrogens (primary N) is 2. The van der Waals surface area contributed by atoms with Crippen LogP contribution in [0.4, 0.5) is 0 Å². The molecule has 2 aliphatic heterocycles. The van der Waals surface area contributed by atoms with E-state index in [0.29, 0.717) is 21.5 Å². The molecule has 0 spiro atoms. The van der Waals surface area contributed by atoms with Gasteiger partial charge in [-0.15, -0.1) is 0 Å². The number of hydrogen-bond donors (Lipinski definition) is 2. The molecule has 0 saturated carbocycles. The van der Waals surface area contributed by atoms with Crippen LogP contribution in [0.1, 0.15) is 70.6 Å². The van der Waals surface area contributed by atoms with Crippen molar-refractivity contribution in [3.05, 3.63) is 0 Å². The first-order valence-corrected chi connectivity index (χ1v) is 13.3. The molecule has 2 saturated heterocycles. The summed E-state index contributed by atoms with van der Waals surface area (Å²) >= 11 is 0.319. The summed E-state index contributed by atoms with van der Waals surface area (Å²) in [5, 5.41) is 0. The Kier molecular flexibility index (Phi) is 12.0. The third-order valence-electron chi connectivity index (χ3n) is 6.09. The van der Waals surface area contributed by atoms with Crippen LogP contribution < -0.4 is 32.9 Å². The summed E-state index contributed by atoms with van der Waals surface area (Å²) in [6.45, 7) is 6.88. The van der Waals surface area contributed by atoms with E-state index in [-0.39, 0.29) is 0 Å². The van der Waals surface area contributed by atoms with Gasteiger partial charge in [0.25, 0.3) is 0 Å². The SMILES string of the molecule is NCCCCCC[I-]N1CCC(CCCC2CCN(CN)CC2)CC1. The summed E-state index contributed by atoms with van der Waals surface area (Å²) in [5.41, 5.74) is 11.3. The quantitative estimate of drug-likeness (QED) is 0.185. The average molecular weight is 465 g/mol. The molecule has 0 radical (unpaired) electrons. The van der Waals surface area contributed by atoms with Crippen molar-refractivity contribution in [2.75, 3.05) is 43.8 Å². The van der Waals surface area contributed by atoms with Gasteiger partial charge in [0.15, 0.2) is 0 Å². The van der Waals surface area contributed by atoms with Crippen LogP contribution in [0.3, 0.4) is 0 Å². The molecule has 25 heavy (non-hydrogen) atoms. The Morgan fingerprint density at radius 2 is 1.32 bits per heavy atom. The predicted octanol–water partition coefficient (Wildman–Crippen LogP) is 0.0200. The molecular formula is C20H42IN4-. The zero-order valence-corrected chi connectivity index (χ0v) is 18.5. The van der Waals surface area contributed by atoms with E-state index in [0.717, 1.165) is 25.0 Å². The molecule has 2 rings (SSSR count). The summed E-state index contributed by atoms with van der Waals surface area (Å²) in [7, 11) is 0. The van der Waals surface area contributed by atoms with E-state index < -0.39 is 0 Å². The predicted molar refractivity (Wildman–Crippen MR) is 104 cm³/mol. The Hall–Kier alpha value is 0.570. The fraction of sp³-hybridized carbons (Fsp3) is 1.00. The maximum absolute atomic E-state index is 5.73. The number of nitrogens with zero attached hydrogens (tertiary/aromatic N) is 2. The number of piperidine rings is 2. The van der Waals surface area contributed by atoms with Crippen molar-refractivity contribution in [1.82, 2.24) is 8.01 Å². The zero-order chi connectivity index (χ0) is 17.7. The fourth-order valence-electron chi connectivity index (χ4n) is 4.23. The first kappa shape index (κ1) is 21.9. The van der Waals surface area contributed by atoms with E-state index >= 15 is 0 Å². The normalized spacial score (nSPS) is 22.0. The van der Waals surface area contributed by atoms with Gasteiger partial charge >= 0.3 is 162 Å². The molecule has 4 nitrogen and oxygen atoms in total. The van der Waals surface area contributed by atoms with Crippen LogP contribution in [0.15, 0.2) is 0 Å². The van der Waals surface area contributed by atoms with Crippen LogP contribution in [0.25, 0.3) is 0 Å². The van der Waals surface area contributed by atoms with E-state index in [9.17, 15) is 0 Å². The molecule has 0 aromatic carbocycles. The van der Waals surface area contributed by atoms with Crippen molar-refractivity contribution in [2.24, 2.45) is 23.3 Å². The first-order valence-electron chi connectivity index (χ1n) is 10.8. The van der Waals surface area contributed by atoms with Gasteiger partial charge in [0.2, 0.25) is 0 Å². The summed E-state index contributed by atoms with van der Waals surface area (Å²) in [6, 6.07) is 0. The van der Waals surface area contributed by atoms with Gasteiger partial charge in [-0.1, -0.05) is 0 Å². The molecule has 4 N–H and O–H groups in total. The Balaban J connectivity index is 1.43. The van der Waals surface area contributed by atoms with Crippen molar-refractivity contribution in [3.63, 3.8) is 0 Å². The minimum absolute atomic E-state index is 0.319. The van der Waals surface area contributed by atoms with Crippen LogP contribution in [0.2, 0.25) is 0 Å². The summed E-state index contributed by atoms with van der Waals surface area (Å²) < 4.78 is 4.32. The Bertz CT molecular complexity index is 313. The second kappa shape index (κ2) is 13.7. The molecule has 0 aliphatic carbocycles. The Morgan fingerprint density at radius 3 is 1.92 bits per heavy atom. The molecule has 0 amide bonds. The van der Waals surface area contributed by atoms with Gasteiger partial charge in [-0.25, -0.2) is 0 Å². The second-order valence-corrected chi connectivity index (χ2v) is 11.2. The maximum atomic E-state index is 5.73. The average Bonchev–Trinajstić information content (AvgIpc) is 2.66. The fourth-order valence-corrected chi connectivity index (χ4v) is 7.04. The van der Waals surface area contributed by atoms with Crippen molar-refractivity contribution in [2.45, 2.75) is 70.6 Å². The molecule has 0 bridgehead atoms. The van der Waals surface area contributed by atoms with Gasteiger partial charge in [-0.2, -0.15) is 0 Å². The molecule has 5 heteroatoms. The number of likely N-dealkylation sites (tertiary alicyclic amines) is 1. The minimum atomic E-state index is 0.319. The molecule has 2 heterocycles. The second-order valence-electron chi connectivity index (χ2n) is 8.04. The van der Waals surface area contributed by atoms with Gasteiger partial charge in [-0.05, 0) is 0 Å². The monoisotopic (exact) mass is 465 g/mol. The van der Waals surface area contributed by atoms with E-state index in [1.165, 1.54) is 101 Å². The van der Waals surface area contributed by atoms with E-state index in [4.69, 9.17) is 11.5 Å². The van der Waals surface area contributed by atoms with E-state index in [1.807, 2.05) is 0 Å². The number of halogens is 1. The zero-order valence-electron chi connectivity index (χ0n) is 16.3. The van der Waals surface area contributed by atoms with E-state index in [2.05, 4.69) is 8.01 Å². The van der Waals surface area contributed by atoms with Gasteiger partial charge in [0.1, 0.15) is 0 Å². The molecular weight excluding hydrogens is 423 g/mol. The molecule has 0 aromatic heterocycles. The van der Waals surface area contributed by atoms with Gasteiger partial charge in [0, 0.05) is 0 Å². The van der Waals surface area contributed by atoms with Crippen molar-refractivity contribution >= 4 is 0 Å². The van der Waals surface area contributed by atoms with Crippen LogP contribution >= 0.6 is 0 Å². The topological polar surface area (TPSA) is 58.5 Å². The molecule has 0 unspecified atom stereocenters. The van der Waals surface area contributed by atoms with Crippen molar-refractivity contribution < 1.29 is 21.5 Å². The molecule has 0 atom stereocenters. The molecule has 2 fully saturated rings. The number of alkyl halides is 1. The summed E-state index contributed by atoms with van der Waals surface area (Å²) in [5.74, 6) is 2.00. The van der Waals surface area contributed by atoms with Gasteiger partial charge < -0.3 is 5.73 Å². The van der Waals surface area contributed by atoms with Crippen LogP contribution in [-0.2, 0) is 0 Å². The Labute approximate surface area is 167 Å². The third-order valence-corrected chi connectivity index (χ3v) is 9.27. The first-order chi connectivity index (χ1) is 12.3. The standard InChI is InChI=1S/C20H42IN4/c22-13-4-2-1-3-12-21-25-16-10-20(11-17-25)7-5-6-19-8-14-24(18-23)15-9-19/h19-20H,1-18,22-23H2/q-1.